The molecule has 0 saturated carbocycles. The molecule has 0 atom stereocenters. The van der Waals surface area contributed by atoms with Gasteiger partial charge in [-0.15, -0.1) is 10.2 Å². The number of carbonyl (C=O) groups is 1. The van der Waals surface area contributed by atoms with Crippen LogP contribution in [0.2, 0.25) is 5.02 Å². The van der Waals surface area contributed by atoms with Gasteiger partial charge in [0.15, 0.2) is 10.9 Å². The molecule has 2 heterocycles. The van der Waals surface area contributed by atoms with E-state index in [1.54, 1.807) is 12.3 Å². The number of carbonyl (C=O) groups excluding carboxylic acids is 1. The minimum atomic E-state index is -0.132. The minimum Gasteiger partial charge on any atom is -0.461 e. The van der Waals surface area contributed by atoms with E-state index in [1.807, 2.05) is 49.6 Å². The molecule has 0 spiro atoms. The van der Waals surface area contributed by atoms with Gasteiger partial charge in [0, 0.05) is 16.8 Å². The first-order valence-corrected chi connectivity index (χ1v) is 9.49. The van der Waals surface area contributed by atoms with Gasteiger partial charge in [-0.2, -0.15) is 0 Å². The number of furan rings is 1. The molecule has 6 nitrogen and oxygen atoms in total. The molecule has 2 aromatic heterocycles. The quantitative estimate of drug-likeness (QED) is 0.611. The Labute approximate surface area is 160 Å². The number of thioether (sulfide) groups is 1. The Balaban J connectivity index is 1.69. The van der Waals surface area contributed by atoms with Crippen LogP contribution in [0.3, 0.4) is 0 Å². The number of hydrogen-bond donors (Lipinski definition) is 1. The van der Waals surface area contributed by atoms with Crippen molar-refractivity contribution in [1.29, 1.82) is 0 Å². The molecular weight excluding hydrogens is 372 g/mol. The first kappa shape index (κ1) is 18.5. The van der Waals surface area contributed by atoms with E-state index in [-0.39, 0.29) is 17.7 Å². The number of aryl methyl sites for hydroxylation is 1. The summed E-state index contributed by atoms with van der Waals surface area (Å²) >= 11 is 7.42. The van der Waals surface area contributed by atoms with Gasteiger partial charge < -0.3 is 9.73 Å². The largest absolute Gasteiger partial charge is 0.461 e. The Hall–Kier alpha value is -2.25. The first-order chi connectivity index (χ1) is 12.5. The van der Waals surface area contributed by atoms with Crippen LogP contribution in [0.15, 0.2) is 46.2 Å². The van der Waals surface area contributed by atoms with E-state index in [1.165, 1.54) is 11.8 Å². The lowest BCUT2D eigenvalue weighted by molar-refractivity contribution is -0.113. The number of halogens is 1. The number of nitrogens with zero attached hydrogens (tertiary/aromatic N) is 3. The summed E-state index contributed by atoms with van der Waals surface area (Å²) in [5.74, 6) is 1.39. The molecule has 3 aromatic rings. The molecule has 1 amide bonds. The van der Waals surface area contributed by atoms with Gasteiger partial charge in [-0.1, -0.05) is 29.4 Å². The van der Waals surface area contributed by atoms with Gasteiger partial charge in [-0.3, -0.25) is 9.36 Å². The van der Waals surface area contributed by atoms with Gasteiger partial charge >= 0.3 is 0 Å². The van der Waals surface area contributed by atoms with Crippen molar-refractivity contribution in [2.75, 3.05) is 11.1 Å². The Morgan fingerprint density at radius 2 is 2.15 bits per heavy atom. The molecule has 0 aliphatic rings. The van der Waals surface area contributed by atoms with E-state index in [0.29, 0.717) is 27.5 Å². The number of aromatic nitrogens is 3. The Bertz CT molecular complexity index is 906. The average Bonchev–Trinajstić information content (AvgIpc) is 3.25. The van der Waals surface area contributed by atoms with Gasteiger partial charge in [0.05, 0.1) is 12.0 Å². The normalized spacial score (nSPS) is 11.1. The Kier molecular flexibility index (Phi) is 5.68. The summed E-state index contributed by atoms with van der Waals surface area (Å²) in [7, 11) is 0. The SMILES string of the molecule is Cc1ccc(NC(=O)CSc2nnc(-c3ccco3)n2C(C)C)cc1Cl. The smallest absolute Gasteiger partial charge is 0.234 e. The number of anilines is 1. The molecule has 136 valence electrons. The van der Waals surface area contributed by atoms with Gasteiger partial charge in [-0.05, 0) is 50.6 Å². The van der Waals surface area contributed by atoms with Crippen LogP contribution in [0, 0.1) is 6.92 Å². The highest BCUT2D eigenvalue weighted by molar-refractivity contribution is 7.99. The van der Waals surface area contributed by atoms with E-state index >= 15 is 0 Å². The van der Waals surface area contributed by atoms with E-state index < -0.39 is 0 Å². The van der Waals surface area contributed by atoms with Gasteiger partial charge in [0.25, 0.3) is 0 Å². The van der Waals surface area contributed by atoms with Crippen molar-refractivity contribution < 1.29 is 9.21 Å². The van der Waals surface area contributed by atoms with Crippen LogP contribution in [0.4, 0.5) is 5.69 Å². The molecular formula is C18H19ClN4O2S. The summed E-state index contributed by atoms with van der Waals surface area (Å²) in [4.78, 5) is 12.2. The fourth-order valence-corrected chi connectivity index (χ4v) is 3.46. The highest BCUT2D eigenvalue weighted by Gasteiger charge is 2.19. The maximum Gasteiger partial charge on any atom is 0.234 e. The van der Waals surface area contributed by atoms with E-state index in [4.69, 9.17) is 16.0 Å². The predicted molar refractivity (Wildman–Crippen MR) is 104 cm³/mol. The second-order valence-corrected chi connectivity index (χ2v) is 7.40. The summed E-state index contributed by atoms with van der Waals surface area (Å²) in [6.45, 7) is 5.99. The summed E-state index contributed by atoms with van der Waals surface area (Å²) in [5, 5.41) is 12.6. The monoisotopic (exact) mass is 390 g/mol. The van der Waals surface area contributed by atoms with Crippen molar-refractivity contribution in [2.24, 2.45) is 0 Å². The molecule has 0 saturated heterocycles. The number of hydrogen-bond acceptors (Lipinski definition) is 5. The van der Waals surface area contributed by atoms with Crippen molar-refractivity contribution in [3.05, 3.63) is 47.2 Å². The lowest BCUT2D eigenvalue weighted by Crippen LogP contribution is -2.15. The molecule has 0 unspecified atom stereocenters. The molecule has 0 aliphatic carbocycles. The molecule has 26 heavy (non-hydrogen) atoms. The summed E-state index contributed by atoms with van der Waals surface area (Å²) in [5.41, 5.74) is 1.64. The van der Waals surface area contributed by atoms with Crippen LogP contribution < -0.4 is 5.32 Å². The third-order valence-corrected chi connectivity index (χ3v) is 5.06. The van der Waals surface area contributed by atoms with Crippen molar-refractivity contribution in [1.82, 2.24) is 14.8 Å². The third kappa shape index (κ3) is 4.11. The average molecular weight is 391 g/mol. The van der Waals surface area contributed by atoms with Crippen molar-refractivity contribution in [2.45, 2.75) is 32.0 Å². The second kappa shape index (κ2) is 7.97. The Morgan fingerprint density at radius 3 is 2.81 bits per heavy atom. The molecule has 0 aliphatic heterocycles. The number of nitrogens with one attached hydrogen (secondary N) is 1. The summed E-state index contributed by atoms with van der Waals surface area (Å²) in [6.07, 6.45) is 1.60. The molecule has 8 heteroatoms. The van der Waals surface area contributed by atoms with Crippen LogP contribution in [0.25, 0.3) is 11.6 Å². The summed E-state index contributed by atoms with van der Waals surface area (Å²) in [6, 6.07) is 9.22. The highest BCUT2D eigenvalue weighted by atomic mass is 35.5. The van der Waals surface area contributed by atoms with Crippen molar-refractivity contribution in [3.63, 3.8) is 0 Å². The summed E-state index contributed by atoms with van der Waals surface area (Å²) < 4.78 is 7.38. The zero-order chi connectivity index (χ0) is 18.7. The fraction of sp³-hybridized carbons (Fsp3) is 0.278. The standard InChI is InChI=1S/C18H19ClN4O2S/c1-11(2)23-17(15-5-4-8-25-15)21-22-18(23)26-10-16(24)20-13-7-6-12(3)14(19)9-13/h4-9,11H,10H2,1-3H3,(H,20,24). The lowest BCUT2D eigenvalue weighted by atomic mass is 10.2. The van der Waals surface area contributed by atoms with Crippen LogP contribution in [0.5, 0.6) is 0 Å². The van der Waals surface area contributed by atoms with Crippen LogP contribution >= 0.6 is 23.4 Å². The molecule has 0 bridgehead atoms. The number of amides is 1. The van der Waals surface area contributed by atoms with Crippen LogP contribution in [-0.2, 0) is 4.79 Å². The van der Waals surface area contributed by atoms with Crippen LogP contribution in [0.1, 0.15) is 25.5 Å². The van der Waals surface area contributed by atoms with Crippen molar-refractivity contribution in [3.8, 4) is 11.6 Å². The third-order valence-electron chi connectivity index (χ3n) is 3.71. The zero-order valence-electron chi connectivity index (χ0n) is 14.7. The highest BCUT2D eigenvalue weighted by Crippen LogP contribution is 2.28. The van der Waals surface area contributed by atoms with Crippen LogP contribution in [-0.4, -0.2) is 26.4 Å². The number of benzene rings is 1. The zero-order valence-corrected chi connectivity index (χ0v) is 16.3. The molecule has 0 radical (unpaired) electrons. The van der Waals surface area contributed by atoms with Crippen molar-refractivity contribution >= 4 is 35.0 Å². The first-order valence-electron chi connectivity index (χ1n) is 8.13. The van der Waals surface area contributed by atoms with Gasteiger partial charge in [0.2, 0.25) is 11.7 Å². The maximum absolute atomic E-state index is 12.2. The topological polar surface area (TPSA) is 73.0 Å². The van der Waals surface area contributed by atoms with E-state index in [2.05, 4.69) is 15.5 Å². The fourth-order valence-electron chi connectivity index (χ4n) is 2.41. The van der Waals surface area contributed by atoms with Gasteiger partial charge in [-0.25, -0.2) is 0 Å². The Morgan fingerprint density at radius 1 is 1.35 bits per heavy atom. The minimum absolute atomic E-state index is 0.131. The molecule has 1 aromatic carbocycles. The molecule has 3 rings (SSSR count). The van der Waals surface area contributed by atoms with Gasteiger partial charge in [0.1, 0.15) is 0 Å². The number of rotatable bonds is 6. The second-order valence-electron chi connectivity index (χ2n) is 6.05. The molecule has 1 N–H and O–H groups in total. The van der Waals surface area contributed by atoms with E-state index in [9.17, 15) is 4.79 Å². The predicted octanol–water partition coefficient (Wildman–Crippen LogP) is 4.81. The molecule has 0 fully saturated rings. The lowest BCUT2D eigenvalue weighted by Gasteiger charge is -2.12. The maximum atomic E-state index is 12.2. The van der Waals surface area contributed by atoms with E-state index in [0.717, 1.165) is 5.56 Å².